The first-order valence-electron chi connectivity index (χ1n) is 7.64. The third kappa shape index (κ3) is 1.64. The monoisotopic (exact) mass is 250 g/mol. The molecular formula is C16H26O2. The first kappa shape index (κ1) is 12.5. The molecule has 18 heavy (non-hydrogen) atoms. The Labute approximate surface area is 110 Å². The molecule has 0 radical (unpaired) electrons. The SMILES string of the molecule is CC1C2CC(CC2C2CCC(C(=O)O)C2)C1(C)C. The lowest BCUT2D eigenvalue weighted by Crippen LogP contribution is -2.35. The molecule has 3 rings (SSSR count). The molecule has 0 spiro atoms. The standard InChI is InChI=1S/C16H26O2/c1-9-13-7-12(16(9,2)3)8-14(13)10-4-5-11(6-10)15(17)18/h9-14H,4-8H2,1-3H3,(H,17,18). The number of aliphatic carboxylic acids is 1. The summed E-state index contributed by atoms with van der Waals surface area (Å²) < 4.78 is 0. The summed E-state index contributed by atoms with van der Waals surface area (Å²) in [6.07, 6.45) is 5.83. The van der Waals surface area contributed by atoms with E-state index in [4.69, 9.17) is 5.11 Å². The van der Waals surface area contributed by atoms with Gasteiger partial charge in [0.05, 0.1) is 5.92 Å². The molecule has 3 aliphatic carbocycles. The molecule has 2 nitrogen and oxygen atoms in total. The molecule has 1 N–H and O–H groups in total. The molecule has 3 saturated carbocycles. The number of carboxylic acid groups (broad SMARTS) is 1. The number of carboxylic acids is 1. The van der Waals surface area contributed by atoms with Gasteiger partial charge < -0.3 is 5.11 Å². The molecule has 2 bridgehead atoms. The Bertz CT molecular complexity index is 356. The third-order valence-corrected chi connectivity index (χ3v) is 6.96. The quantitative estimate of drug-likeness (QED) is 0.809. The first-order valence-corrected chi connectivity index (χ1v) is 7.64. The van der Waals surface area contributed by atoms with Crippen molar-refractivity contribution in [1.82, 2.24) is 0 Å². The Morgan fingerprint density at radius 3 is 2.28 bits per heavy atom. The van der Waals surface area contributed by atoms with Gasteiger partial charge in [0, 0.05) is 0 Å². The minimum Gasteiger partial charge on any atom is -0.481 e. The number of rotatable bonds is 2. The van der Waals surface area contributed by atoms with Crippen molar-refractivity contribution in [1.29, 1.82) is 0 Å². The van der Waals surface area contributed by atoms with Crippen molar-refractivity contribution >= 4 is 5.97 Å². The van der Waals surface area contributed by atoms with Gasteiger partial charge in [-0.1, -0.05) is 20.8 Å². The van der Waals surface area contributed by atoms with E-state index in [9.17, 15) is 4.79 Å². The molecule has 0 aromatic carbocycles. The molecule has 2 heteroatoms. The summed E-state index contributed by atoms with van der Waals surface area (Å²) in [4.78, 5) is 11.1. The molecule has 0 heterocycles. The van der Waals surface area contributed by atoms with Crippen molar-refractivity contribution < 1.29 is 9.90 Å². The summed E-state index contributed by atoms with van der Waals surface area (Å²) in [7, 11) is 0. The maximum absolute atomic E-state index is 11.1. The number of fused-ring (bicyclic) bond motifs is 2. The van der Waals surface area contributed by atoms with E-state index in [2.05, 4.69) is 20.8 Å². The number of carbonyl (C=O) groups is 1. The summed E-state index contributed by atoms with van der Waals surface area (Å²) in [5.41, 5.74) is 0.520. The van der Waals surface area contributed by atoms with Crippen molar-refractivity contribution in [3.8, 4) is 0 Å². The maximum atomic E-state index is 11.1. The van der Waals surface area contributed by atoms with Crippen LogP contribution in [0.5, 0.6) is 0 Å². The average Bonchev–Trinajstić information content (AvgIpc) is 2.96. The van der Waals surface area contributed by atoms with Crippen molar-refractivity contribution in [3.05, 3.63) is 0 Å². The van der Waals surface area contributed by atoms with E-state index >= 15 is 0 Å². The van der Waals surface area contributed by atoms with Gasteiger partial charge in [0.2, 0.25) is 0 Å². The normalized spacial score (nSPS) is 49.7. The number of hydrogen-bond donors (Lipinski definition) is 1. The zero-order valence-corrected chi connectivity index (χ0v) is 11.9. The molecule has 0 aliphatic heterocycles. The predicted octanol–water partition coefficient (Wildman–Crippen LogP) is 3.81. The van der Waals surface area contributed by atoms with Gasteiger partial charge in [0.1, 0.15) is 0 Å². The van der Waals surface area contributed by atoms with Gasteiger partial charge in [-0.05, 0) is 67.1 Å². The molecule has 6 unspecified atom stereocenters. The van der Waals surface area contributed by atoms with E-state index in [-0.39, 0.29) is 5.92 Å². The molecule has 0 amide bonds. The van der Waals surface area contributed by atoms with Crippen LogP contribution in [0.3, 0.4) is 0 Å². The Morgan fingerprint density at radius 1 is 1.11 bits per heavy atom. The van der Waals surface area contributed by atoms with Crippen molar-refractivity contribution in [3.63, 3.8) is 0 Å². The smallest absolute Gasteiger partial charge is 0.306 e. The molecule has 0 aromatic heterocycles. The molecule has 3 fully saturated rings. The zero-order chi connectivity index (χ0) is 13.1. The highest BCUT2D eigenvalue weighted by atomic mass is 16.4. The fourth-order valence-electron chi connectivity index (χ4n) is 5.38. The summed E-state index contributed by atoms with van der Waals surface area (Å²) in [6, 6.07) is 0. The summed E-state index contributed by atoms with van der Waals surface area (Å²) in [5.74, 6) is 3.53. The predicted molar refractivity (Wildman–Crippen MR) is 71.1 cm³/mol. The van der Waals surface area contributed by atoms with Gasteiger partial charge in [-0.15, -0.1) is 0 Å². The maximum Gasteiger partial charge on any atom is 0.306 e. The van der Waals surface area contributed by atoms with E-state index in [0.717, 1.165) is 42.9 Å². The minimum absolute atomic E-state index is 0.0440. The number of hydrogen-bond acceptors (Lipinski definition) is 1. The van der Waals surface area contributed by atoms with Crippen LogP contribution in [-0.4, -0.2) is 11.1 Å². The second-order valence-electron chi connectivity index (χ2n) is 7.71. The van der Waals surface area contributed by atoms with Crippen LogP contribution >= 0.6 is 0 Å². The fourth-order valence-corrected chi connectivity index (χ4v) is 5.38. The highest BCUT2D eigenvalue weighted by Crippen LogP contribution is 2.64. The molecular weight excluding hydrogens is 224 g/mol. The van der Waals surface area contributed by atoms with E-state index < -0.39 is 5.97 Å². The van der Waals surface area contributed by atoms with Crippen LogP contribution in [-0.2, 0) is 4.79 Å². The Morgan fingerprint density at radius 2 is 1.78 bits per heavy atom. The van der Waals surface area contributed by atoms with Crippen molar-refractivity contribution in [2.45, 2.75) is 52.9 Å². The van der Waals surface area contributed by atoms with Crippen LogP contribution in [0.25, 0.3) is 0 Å². The van der Waals surface area contributed by atoms with Crippen LogP contribution < -0.4 is 0 Å². The van der Waals surface area contributed by atoms with Gasteiger partial charge >= 0.3 is 5.97 Å². The lowest BCUT2D eigenvalue weighted by Gasteiger charge is -2.42. The van der Waals surface area contributed by atoms with Crippen LogP contribution in [0.4, 0.5) is 0 Å². The van der Waals surface area contributed by atoms with Gasteiger partial charge in [-0.25, -0.2) is 0 Å². The van der Waals surface area contributed by atoms with Crippen molar-refractivity contribution in [2.24, 2.45) is 40.9 Å². The molecule has 3 aliphatic rings. The first-order chi connectivity index (χ1) is 8.41. The third-order valence-electron chi connectivity index (χ3n) is 6.96. The second kappa shape index (κ2) is 3.98. The highest BCUT2D eigenvalue weighted by molar-refractivity contribution is 5.70. The summed E-state index contributed by atoms with van der Waals surface area (Å²) >= 11 is 0. The molecule has 0 saturated heterocycles. The Balaban J connectivity index is 1.69. The second-order valence-corrected chi connectivity index (χ2v) is 7.71. The van der Waals surface area contributed by atoms with E-state index in [1.165, 1.54) is 12.8 Å². The van der Waals surface area contributed by atoms with Gasteiger partial charge in [0.25, 0.3) is 0 Å². The molecule has 6 atom stereocenters. The van der Waals surface area contributed by atoms with E-state index in [0.29, 0.717) is 11.3 Å². The molecule has 0 aromatic rings. The average molecular weight is 250 g/mol. The van der Waals surface area contributed by atoms with Gasteiger partial charge in [-0.3, -0.25) is 4.79 Å². The Kier molecular flexibility index (Phi) is 2.76. The lowest BCUT2D eigenvalue weighted by atomic mass is 9.63. The minimum atomic E-state index is -0.561. The van der Waals surface area contributed by atoms with E-state index in [1.54, 1.807) is 0 Å². The summed E-state index contributed by atoms with van der Waals surface area (Å²) in [6.45, 7) is 7.31. The summed E-state index contributed by atoms with van der Waals surface area (Å²) in [5, 5.41) is 9.14. The van der Waals surface area contributed by atoms with Crippen LogP contribution in [0.15, 0.2) is 0 Å². The van der Waals surface area contributed by atoms with E-state index in [1.807, 2.05) is 0 Å². The van der Waals surface area contributed by atoms with Crippen LogP contribution in [0.2, 0.25) is 0 Å². The largest absolute Gasteiger partial charge is 0.481 e. The highest BCUT2D eigenvalue weighted by Gasteiger charge is 2.56. The van der Waals surface area contributed by atoms with Crippen LogP contribution in [0.1, 0.15) is 52.9 Å². The van der Waals surface area contributed by atoms with Gasteiger partial charge in [-0.2, -0.15) is 0 Å². The fraction of sp³-hybridized carbons (Fsp3) is 0.938. The van der Waals surface area contributed by atoms with Crippen LogP contribution in [0, 0.1) is 40.9 Å². The molecule has 102 valence electrons. The van der Waals surface area contributed by atoms with Gasteiger partial charge in [0.15, 0.2) is 0 Å². The van der Waals surface area contributed by atoms with Crippen molar-refractivity contribution in [2.75, 3.05) is 0 Å². The topological polar surface area (TPSA) is 37.3 Å². The Hall–Kier alpha value is -0.530. The zero-order valence-electron chi connectivity index (χ0n) is 11.9. The lowest BCUT2D eigenvalue weighted by molar-refractivity contribution is -0.141.